The maximum Gasteiger partial charge on any atom is 0.227 e. The van der Waals surface area contributed by atoms with E-state index in [4.69, 9.17) is 11.2 Å². The Bertz CT molecular complexity index is 1240. The number of hydrogen-bond acceptors (Lipinski definition) is 6. The maximum atomic E-state index is 13.1. The first kappa shape index (κ1) is 22.2. The summed E-state index contributed by atoms with van der Waals surface area (Å²) in [5.74, 6) is 4.96. The number of benzene rings is 2. The topological polar surface area (TPSA) is 70.6 Å². The van der Waals surface area contributed by atoms with Gasteiger partial charge in [0, 0.05) is 61.0 Å². The van der Waals surface area contributed by atoms with E-state index in [0.717, 1.165) is 59.8 Å². The van der Waals surface area contributed by atoms with Crippen LogP contribution in [0.15, 0.2) is 42.7 Å². The van der Waals surface area contributed by atoms with E-state index in [0.29, 0.717) is 11.6 Å². The van der Waals surface area contributed by atoms with Crippen molar-refractivity contribution in [2.24, 2.45) is 5.92 Å². The van der Waals surface area contributed by atoms with Gasteiger partial charge in [0.2, 0.25) is 5.91 Å². The van der Waals surface area contributed by atoms with Crippen LogP contribution in [-0.2, 0) is 11.2 Å². The van der Waals surface area contributed by atoms with Crippen LogP contribution in [0, 0.1) is 18.3 Å². The number of fused-ring (bicyclic) bond motifs is 1. The number of ether oxygens (including phenoxy) is 1. The largest absolute Gasteiger partial charge is 0.496 e. The van der Waals surface area contributed by atoms with Gasteiger partial charge in [-0.05, 0) is 43.0 Å². The molecular weight excluding hydrogens is 426 g/mol. The summed E-state index contributed by atoms with van der Waals surface area (Å²) in [4.78, 5) is 26.5. The molecule has 1 aliphatic carbocycles. The first-order valence-electron chi connectivity index (χ1n) is 11.8. The van der Waals surface area contributed by atoms with Crippen molar-refractivity contribution >= 4 is 28.3 Å². The van der Waals surface area contributed by atoms with Crippen molar-refractivity contribution in [2.75, 3.05) is 45.2 Å². The van der Waals surface area contributed by atoms with E-state index >= 15 is 0 Å². The van der Waals surface area contributed by atoms with Crippen LogP contribution in [0.25, 0.3) is 10.9 Å². The molecule has 1 aromatic heterocycles. The molecule has 7 heteroatoms. The van der Waals surface area contributed by atoms with Gasteiger partial charge in [0.15, 0.2) is 0 Å². The van der Waals surface area contributed by atoms with E-state index in [9.17, 15) is 4.79 Å². The van der Waals surface area contributed by atoms with E-state index in [1.807, 2.05) is 41.3 Å². The molecule has 1 saturated heterocycles. The predicted octanol–water partition coefficient (Wildman–Crippen LogP) is 3.46. The van der Waals surface area contributed by atoms with E-state index in [1.165, 1.54) is 25.7 Å². The summed E-state index contributed by atoms with van der Waals surface area (Å²) in [6.45, 7) is 4.65. The van der Waals surface area contributed by atoms with Gasteiger partial charge in [-0.1, -0.05) is 12.0 Å². The number of rotatable bonds is 7. The summed E-state index contributed by atoms with van der Waals surface area (Å²) >= 11 is 0. The quantitative estimate of drug-likeness (QED) is 0.550. The van der Waals surface area contributed by atoms with E-state index in [-0.39, 0.29) is 12.3 Å². The van der Waals surface area contributed by atoms with Gasteiger partial charge < -0.3 is 15.0 Å². The van der Waals surface area contributed by atoms with Gasteiger partial charge in [0.05, 0.1) is 19.0 Å². The fraction of sp³-hybridized carbons (Fsp3) is 0.370. The molecule has 1 N–H and O–H groups in total. The molecule has 0 bridgehead atoms. The van der Waals surface area contributed by atoms with Crippen LogP contribution in [0.2, 0.25) is 0 Å². The molecule has 1 amide bonds. The van der Waals surface area contributed by atoms with Crippen LogP contribution in [0.1, 0.15) is 24.0 Å². The summed E-state index contributed by atoms with van der Waals surface area (Å²) in [6, 6.07) is 11.4. The highest BCUT2D eigenvalue weighted by molar-refractivity contribution is 5.93. The molecule has 7 nitrogen and oxygen atoms in total. The Kier molecular flexibility index (Phi) is 6.33. The van der Waals surface area contributed by atoms with E-state index in [2.05, 4.69) is 26.1 Å². The summed E-state index contributed by atoms with van der Waals surface area (Å²) in [5, 5.41) is 4.17. The summed E-state index contributed by atoms with van der Waals surface area (Å²) in [6.07, 6.45) is 10.0. The van der Waals surface area contributed by atoms with Gasteiger partial charge in [-0.3, -0.25) is 9.69 Å². The molecule has 34 heavy (non-hydrogen) atoms. The highest BCUT2D eigenvalue weighted by Crippen LogP contribution is 2.31. The van der Waals surface area contributed by atoms with E-state index in [1.54, 1.807) is 7.11 Å². The predicted molar refractivity (Wildman–Crippen MR) is 133 cm³/mol. The molecule has 2 aliphatic rings. The van der Waals surface area contributed by atoms with Crippen molar-refractivity contribution in [3.05, 3.63) is 53.9 Å². The third kappa shape index (κ3) is 4.97. The molecule has 0 radical (unpaired) electrons. The third-order valence-corrected chi connectivity index (χ3v) is 6.61. The second-order valence-electron chi connectivity index (χ2n) is 9.06. The lowest BCUT2D eigenvalue weighted by Crippen LogP contribution is -2.49. The summed E-state index contributed by atoms with van der Waals surface area (Å²) in [5.41, 5.74) is 3.20. The number of hydrogen-bond donors (Lipinski definition) is 1. The lowest BCUT2D eigenvalue weighted by molar-refractivity contribution is -0.132. The number of nitrogens with one attached hydrogen (secondary N) is 1. The van der Waals surface area contributed by atoms with Gasteiger partial charge in [0.25, 0.3) is 0 Å². The molecule has 2 fully saturated rings. The van der Waals surface area contributed by atoms with Crippen LogP contribution in [0.4, 0.5) is 11.5 Å². The highest BCUT2D eigenvalue weighted by atomic mass is 16.5. The molecular formula is C27H29N5O2. The minimum atomic E-state index is 0.122. The van der Waals surface area contributed by atoms with Gasteiger partial charge in [-0.25, -0.2) is 9.97 Å². The monoisotopic (exact) mass is 455 g/mol. The molecule has 1 aliphatic heterocycles. The number of amides is 1. The number of aromatic nitrogens is 2. The molecule has 1 saturated carbocycles. The average Bonchev–Trinajstić information content (AvgIpc) is 3.68. The zero-order valence-electron chi connectivity index (χ0n) is 19.5. The Morgan fingerprint density at radius 2 is 2.00 bits per heavy atom. The van der Waals surface area contributed by atoms with Crippen LogP contribution in [0.5, 0.6) is 5.75 Å². The second-order valence-corrected chi connectivity index (χ2v) is 9.06. The third-order valence-electron chi connectivity index (χ3n) is 6.61. The SMILES string of the molecule is C#Cc1cccc(Nc2ncnc3cc(OC)c(CC(=O)N4CCN(CC5CC5)CC4)cc23)c1. The molecule has 174 valence electrons. The van der Waals surface area contributed by atoms with E-state index < -0.39 is 0 Å². The smallest absolute Gasteiger partial charge is 0.227 e. The van der Waals surface area contributed by atoms with Crippen LogP contribution < -0.4 is 10.1 Å². The van der Waals surface area contributed by atoms with Gasteiger partial charge >= 0.3 is 0 Å². The molecule has 2 heterocycles. The van der Waals surface area contributed by atoms with Crippen molar-refractivity contribution in [3.8, 4) is 18.1 Å². The Labute approximate surface area is 200 Å². The average molecular weight is 456 g/mol. The fourth-order valence-electron chi connectivity index (χ4n) is 4.50. The Morgan fingerprint density at radius 1 is 1.18 bits per heavy atom. The van der Waals surface area contributed by atoms with Crippen molar-refractivity contribution in [3.63, 3.8) is 0 Å². The van der Waals surface area contributed by atoms with Crippen LogP contribution >= 0.6 is 0 Å². The van der Waals surface area contributed by atoms with Crippen molar-refractivity contribution in [1.29, 1.82) is 0 Å². The lowest BCUT2D eigenvalue weighted by Gasteiger charge is -2.35. The Balaban J connectivity index is 1.35. The van der Waals surface area contributed by atoms with Gasteiger partial charge in [-0.15, -0.1) is 6.42 Å². The molecule has 0 spiro atoms. The number of carbonyl (C=O) groups excluding carboxylic acids is 1. The summed E-state index contributed by atoms with van der Waals surface area (Å²) in [7, 11) is 1.62. The number of carbonyl (C=O) groups is 1. The van der Waals surface area contributed by atoms with Crippen LogP contribution in [0.3, 0.4) is 0 Å². The molecule has 3 aromatic rings. The molecule has 5 rings (SSSR count). The zero-order valence-corrected chi connectivity index (χ0v) is 19.5. The number of anilines is 2. The Morgan fingerprint density at radius 3 is 2.74 bits per heavy atom. The molecule has 0 unspecified atom stereocenters. The first-order valence-corrected chi connectivity index (χ1v) is 11.8. The van der Waals surface area contributed by atoms with Crippen LogP contribution in [-0.4, -0.2) is 65.5 Å². The number of methoxy groups -OCH3 is 1. The number of nitrogens with zero attached hydrogens (tertiary/aromatic N) is 4. The maximum absolute atomic E-state index is 13.1. The highest BCUT2D eigenvalue weighted by Gasteiger charge is 2.28. The minimum absolute atomic E-state index is 0.122. The number of piperazine rings is 1. The fourth-order valence-corrected chi connectivity index (χ4v) is 4.50. The summed E-state index contributed by atoms with van der Waals surface area (Å²) < 4.78 is 5.62. The Hall–Kier alpha value is -3.63. The van der Waals surface area contributed by atoms with Gasteiger partial charge in [-0.2, -0.15) is 0 Å². The zero-order chi connectivity index (χ0) is 23.5. The number of terminal acetylenes is 1. The minimum Gasteiger partial charge on any atom is -0.496 e. The normalized spacial score (nSPS) is 16.3. The second kappa shape index (κ2) is 9.70. The first-order chi connectivity index (χ1) is 16.6. The molecule has 0 atom stereocenters. The lowest BCUT2D eigenvalue weighted by atomic mass is 10.1. The standard InChI is InChI=1S/C27H29N5O2/c1-3-19-5-4-6-22(13-19)30-27-23-14-21(25(34-2)16-24(23)28-18-29-27)15-26(33)32-11-9-31(10-12-32)17-20-7-8-20/h1,4-6,13-14,16,18,20H,7-12,15,17H2,2H3,(H,28,29,30). The van der Waals surface area contributed by atoms with Crippen molar-refractivity contribution in [1.82, 2.24) is 19.8 Å². The van der Waals surface area contributed by atoms with Crippen molar-refractivity contribution in [2.45, 2.75) is 19.3 Å². The molecule has 2 aromatic carbocycles. The van der Waals surface area contributed by atoms with Crippen molar-refractivity contribution < 1.29 is 9.53 Å². The van der Waals surface area contributed by atoms with Gasteiger partial charge in [0.1, 0.15) is 17.9 Å².